The molecule has 0 unspecified atom stereocenters. The van der Waals surface area contributed by atoms with Crippen molar-refractivity contribution < 1.29 is 14.3 Å². The summed E-state index contributed by atoms with van der Waals surface area (Å²) in [6, 6.07) is 9.49. The smallest absolute Gasteiger partial charge is 0.344 e. The van der Waals surface area contributed by atoms with E-state index < -0.39 is 5.97 Å². The van der Waals surface area contributed by atoms with Crippen LogP contribution in [-0.2, 0) is 4.74 Å². The van der Waals surface area contributed by atoms with Crippen LogP contribution in [0.1, 0.15) is 10.4 Å². The second-order valence-electron chi connectivity index (χ2n) is 3.85. The number of aromatic nitrogens is 1. The summed E-state index contributed by atoms with van der Waals surface area (Å²) in [7, 11) is 1.31. The van der Waals surface area contributed by atoms with Crippen LogP contribution in [0.3, 0.4) is 0 Å². The standard InChI is InChI=1S/C13H15N3O3S/c1-18-13(17)10-11(14)16-20-12(10)15-7-8-19-9-5-3-2-4-6-9/h2-6,15H,7-8H2,1H3,(H2,14,16). The van der Waals surface area contributed by atoms with Crippen molar-refractivity contribution in [3.8, 4) is 5.75 Å². The van der Waals surface area contributed by atoms with Gasteiger partial charge in [-0.25, -0.2) is 4.79 Å². The fourth-order valence-electron chi connectivity index (χ4n) is 1.57. The summed E-state index contributed by atoms with van der Waals surface area (Å²) < 4.78 is 14.1. The monoisotopic (exact) mass is 293 g/mol. The first-order chi connectivity index (χ1) is 9.72. The van der Waals surface area contributed by atoms with Crippen molar-refractivity contribution in [3.63, 3.8) is 0 Å². The van der Waals surface area contributed by atoms with E-state index in [2.05, 4.69) is 14.4 Å². The molecule has 0 aliphatic rings. The summed E-state index contributed by atoms with van der Waals surface area (Å²) in [5.74, 6) is 0.474. The molecule has 106 valence electrons. The molecule has 1 aromatic heterocycles. The van der Waals surface area contributed by atoms with E-state index in [1.165, 1.54) is 7.11 Å². The van der Waals surface area contributed by atoms with Gasteiger partial charge < -0.3 is 20.5 Å². The molecule has 0 fully saturated rings. The maximum atomic E-state index is 11.6. The van der Waals surface area contributed by atoms with Gasteiger partial charge in [0.05, 0.1) is 7.11 Å². The normalized spacial score (nSPS) is 10.1. The quantitative estimate of drug-likeness (QED) is 0.626. The third-order valence-corrected chi connectivity index (χ3v) is 3.33. The molecule has 0 saturated heterocycles. The Kier molecular flexibility index (Phi) is 4.78. The maximum Gasteiger partial charge on any atom is 0.344 e. The van der Waals surface area contributed by atoms with Crippen LogP contribution in [0.2, 0.25) is 0 Å². The molecule has 2 aromatic rings. The van der Waals surface area contributed by atoms with Crippen molar-refractivity contribution in [2.24, 2.45) is 0 Å². The number of rotatable bonds is 6. The second-order valence-corrected chi connectivity index (χ2v) is 4.63. The summed E-state index contributed by atoms with van der Waals surface area (Å²) in [5, 5.41) is 3.66. The zero-order valence-electron chi connectivity index (χ0n) is 11.0. The van der Waals surface area contributed by atoms with E-state index in [-0.39, 0.29) is 11.4 Å². The molecule has 6 nitrogen and oxygen atoms in total. The van der Waals surface area contributed by atoms with Crippen molar-refractivity contribution in [1.82, 2.24) is 4.37 Å². The summed E-state index contributed by atoms with van der Waals surface area (Å²) in [4.78, 5) is 11.6. The number of esters is 1. The van der Waals surface area contributed by atoms with Crippen LogP contribution in [0.5, 0.6) is 5.75 Å². The lowest BCUT2D eigenvalue weighted by Crippen LogP contribution is -2.13. The Morgan fingerprint density at radius 3 is 2.85 bits per heavy atom. The fraction of sp³-hybridized carbons (Fsp3) is 0.231. The van der Waals surface area contributed by atoms with E-state index in [1.54, 1.807) is 0 Å². The topological polar surface area (TPSA) is 86.5 Å². The van der Waals surface area contributed by atoms with E-state index in [4.69, 9.17) is 10.5 Å². The molecular formula is C13H15N3O3S. The first kappa shape index (κ1) is 14.1. The third kappa shape index (κ3) is 3.39. The summed E-state index contributed by atoms with van der Waals surface area (Å²) in [6.45, 7) is 0.989. The van der Waals surface area contributed by atoms with Crippen LogP contribution in [0.15, 0.2) is 30.3 Å². The molecule has 3 N–H and O–H groups in total. The minimum atomic E-state index is -0.497. The molecule has 7 heteroatoms. The van der Waals surface area contributed by atoms with Gasteiger partial charge in [0.2, 0.25) is 0 Å². The number of carbonyl (C=O) groups excluding carboxylic acids is 1. The molecule has 0 saturated carbocycles. The predicted octanol–water partition coefficient (Wildman–Crippen LogP) is 2.00. The number of ether oxygens (including phenoxy) is 2. The molecule has 0 aliphatic carbocycles. The van der Waals surface area contributed by atoms with Gasteiger partial charge in [0.15, 0.2) is 5.82 Å². The molecule has 0 aliphatic heterocycles. The Morgan fingerprint density at radius 2 is 2.15 bits per heavy atom. The van der Waals surface area contributed by atoms with Gasteiger partial charge in [-0.2, -0.15) is 4.37 Å². The van der Waals surface area contributed by atoms with Gasteiger partial charge in [-0.05, 0) is 23.7 Å². The van der Waals surface area contributed by atoms with Gasteiger partial charge in [0.25, 0.3) is 0 Å². The molecule has 20 heavy (non-hydrogen) atoms. The van der Waals surface area contributed by atoms with Gasteiger partial charge in [-0.15, -0.1) is 0 Å². The Morgan fingerprint density at radius 1 is 1.40 bits per heavy atom. The molecule has 0 radical (unpaired) electrons. The van der Waals surface area contributed by atoms with Crippen molar-refractivity contribution >= 4 is 28.3 Å². The highest BCUT2D eigenvalue weighted by Crippen LogP contribution is 2.27. The minimum absolute atomic E-state index is 0.174. The minimum Gasteiger partial charge on any atom is -0.492 e. The Hall–Kier alpha value is -2.28. The third-order valence-electron chi connectivity index (χ3n) is 2.51. The molecule has 1 heterocycles. The van der Waals surface area contributed by atoms with E-state index >= 15 is 0 Å². The van der Waals surface area contributed by atoms with E-state index in [0.29, 0.717) is 18.2 Å². The number of anilines is 2. The number of hydrogen-bond donors (Lipinski definition) is 2. The Balaban J connectivity index is 1.87. The van der Waals surface area contributed by atoms with Crippen molar-refractivity contribution in [2.45, 2.75) is 0 Å². The van der Waals surface area contributed by atoms with Gasteiger partial charge in [0, 0.05) is 6.54 Å². The lowest BCUT2D eigenvalue weighted by molar-refractivity contribution is 0.0603. The largest absolute Gasteiger partial charge is 0.492 e. The summed E-state index contributed by atoms with van der Waals surface area (Å²) in [6.07, 6.45) is 0. The number of benzene rings is 1. The second kappa shape index (κ2) is 6.76. The number of para-hydroxylation sites is 1. The highest BCUT2D eigenvalue weighted by Gasteiger charge is 2.19. The van der Waals surface area contributed by atoms with E-state index in [0.717, 1.165) is 17.3 Å². The van der Waals surface area contributed by atoms with Crippen LogP contribution in [-0.4, -0.2) is 30.6 Å². The van der Waals surface area contributed by atoms with Crippen LogP contribution >= 0.6 is 11.5 Å². The van der Waals surface area contributed by atoms with Crippen LogP contribution in [0, 0.1) is 0 Å². The van der Waals surface area contributed by atoms with Crippen LogP contribution < -0.4 is 15.8 Å². The van der Waals surface area contributed by atoms with Crippen molar-refractivity contribution in [2.75, 3.05) is 31.3 Å². The van der Waals surface area contributed by atoms with Gasteiger partial charge in [0.1, 0.15) is 22.9 Å². The van der Waals surface area contributed by atoms with E-state index in [9.17, 15) is 4.79 Å². The summed E-state index contributed by atoms with van der Waals surface area (Å²) >= 11 is 1.12. The zero-order valence-corrected chi connectivity index (χ0v) is 11.8. The Labute approximate surface area is 120 Å². The number of nitrogens with zero attached hydrogens (tertiary/aromatic N) is 1. The lowest BCUT2D eigenvalue weighted by atomic mass is 10.3. The predicted molar refractivity (Wildman–Crippen MR) is 78.3 cm³/mol. The number of hydrogen-bond acceptors (Lipinski definition) is 7. The first-order valence-electron chi connectivity index (χ1n) is 5.97. The molecule has 0 bridgehead atoms. The number of nitrogens with two attached hydrogens (primary N) is 1. The number of nitrogen functional groups attached to an aromatic ring is 1. The van der Waals surface area contributed by atoms with Crippen LogP contribution in [0.25, 0.3) is 0 Å². The van der Waals surface area contributed by atoms with E-state index in [1.807, 2.05) is 30.3 Å². The number of nitrogens with one attached hydrogen (secondary N) is 1. The first-order valence-corrected chi connectivity index (χ1v) is 6.75. The van der Waals surface area contributed by atoms with Crippen molar-refractivity contribution in [3.05, 3.63) is 35.9 Å². The van der Waals surface area contributed by atoms with Gasteiger partial charge in [-0.3, -0.25) is 0 Å². The average molecular weight is 293 g/mol. The molecule has 1 aromatic carbocycles. The molecule has 0 amide bonds. The maximum absolute atomic E-state index is 11.6. The highest BCUT2D eigenvalue weighted by molar-refractivity contribution is 7.11. The van der Waals surface area contributed by atoms with Gasteiger partial charge >= 0.3 is 5.97 Å². The molecule has 0 atom stereocenters. The fourth-order valence-corrected chi connectivity index (χ4v) is 2.30. The number of methoxy groups -OCH3 is 1. The average Bonchev–Trinajstić information content (AvgIpc) is 2.85. The Bertz CT molecular complexity index is 571. The number of carbonyl (C=O) groups is 1. The van der Waals surface area contributed by atoms with Gasteiger partial charge in [-0.1, -0.05) is 18.2 Å². The SMILES string of the molecule is COC(=O)c1c(N)nsc1NCCOc1ccccc1. The molecule has 0 spiro atoms. The molecular weight excluding hydrogens is 278 g/mol. The lowest BCUT2D eigenvalue weighted by Gasteiger charge is -2.08. The van der Waals surface area contributed by atoms with Crippen molar-refractivity contribution in [1.29, 1.82) is 0 Å². The summed E-state index contributed by atoms with van der Waals surface area (Å²) in [5.41, 5.74) is 5.92. The highest BCUT2D eigenvalue weighted by atomic mass is 32.1. The zero-order chi connectivity index (χ0) is 14.4. The molecule has 2 rings (SSSR count). The van der Waals surface area contributed by atoms with Crippen LogP contribution in [0.4, 0.5) is 10.8 Å².